The van der Waals surface area contributed by atoms with Gasteiger partial charge in [-0.25, -0.2) is 8.42 Å². The van der Waals surface area contributed by atoms with Gasteiger partial charge in [-0.1, -0.05) is 30.3 Å². The number of hydrogen-bond acceptors (Lipinski definition) is 5. The van der Waals surface area contributed by atoms with Crippen molar-refractivity contribution in [2.24, 2.45) is 0 Å². The van der Waals surface area contributed by atoms with Crippen LogP contribution < -0.4 is 5.32 Å². The molecule has 45 heavy (non-hydrogen) atoms. The van der Waals surface area contributed by atoms with Gasteiger partial charge in [-0.3, -0.25) is 9.59 Å². The maximum atomic E-state index is 13.8. The van der Waals surface area contributed by atoms with Crippen molar-refractivity contribution in [3.63, 3.8) is 0 Å². The number of aromatic nitrogens is 1. The van der Waals surface area contributed by atoms with E-state index >= 15 is 0 Å². The second-order valence-corrected chi connectivity index (χ2v) is 12.4. The smallest absolute Gasteiger partial charge is 0.385 e. The third kappa shape index (κ3) is 8.93. The van der Waals surface area contributed by atoms with Crippen LogP contribution in [0.4, 0.5) is 18.9 Å². The number of sulfonamides is 1. The Morgan fingerprint density at radius 2 is 1.64 bits per heavy atom. The molecule has 2 N–H and O–H groups in total. The Morgan fingerprint density at radius 1 is 0.956 bits per heavy atom. The molecule has 9 nitrogen and oxygen atoms in total. The number of ether oxygens (including phenoxy) is 1. The van der Waals surface area contributed by atoms with Crippen LogP contribution in [0.5, 0.6) is 0 Å². The lowest BCUT2D eigenvalue weighted by Gasteiger charge is -2.28. The molecule has 4 rings (SSSR count). The summed E-state index contributed by atoms with van der Waals surface area (Å²) in [5.41, 5.74) is 1.96. The van der Waals surface area contributed by atoms with E-state index in [4.69, 9.17) is 4.74 Å². The topological polar surface area (TPSA) is 112 Å². The summed E-state index contributed by atoms with van der Waals surface area (Å²) in [6, 6.07) is 17.9. The van der Waals surface area contributed by atoms with E-state index in [1.54, 1.807) is 0 Å². The fraction of sp³-hybridized carbons (Fsp3) is 0.312. The number of H-pyrrole nitrogens is 1. The van der Waals surface area contributed by atoms with Crippen molar-refractivity contribution < 1.29 is 35.9 Å². The number of anilines is 1. The van der Waals surface area contributed by atoms with Gasteiger partial charge in [0.25, 0.3) is 0 Å². The molecule has 2 amide bonds. The number of nitrogens with one attached hydrogen (secondary N) is 2. The highest BCUT2D eigenvalue weighted by Crippen LogP contribution is 2.29. The first kappa shape index (κ1) is 33.7. The van der Waals surface area contributed by atoms with Gasteiger partial charge >= 0.3 is 6.18 Å². The third-order valence-electron chi connectivity index (χ3n) is 7.21. The molecule has 1 aromatic heterocycles. The van der Waals surface area contributed by atoms with Crippen molar-refractivity contribution in [1.82, 2.24) is 14.2 Å². The minimum Gasteiger partial charge on any atom is -0.385 e. The number of rotatable bonds is 14. The quantitative estimate of drug-likeness (QED) is 0.178. The molecule has 0 unspecified atom stereocenters. The number of aromatic amines is 1. The van der Waals surface area contributed by atoms with Crippen LogP contribution in [0.15, 0.2) is 83.9 Å². The van der Waals surface area contributed by atoms with Crippen LogP contribution in [0.3, 0.4) is 0 Å². The highest BCUT2D eigenvalue weighted by Gasteiger charge is 2.31. The summed E-state index contributed by atoms with van der Waals surface area (Å²) in [4.78, 5) is 29.8. The van der Waals surface area contributed by atoms with E-state index in [2.05, 4.69) is 10.3 Å². The number of nitrogens with zero attached hydrogens (tertiary/aromatic N) is 2. The minimum absolute atomic E-state index is 0.00801. The number of carbonyl (C=O) groups is 2. The highest BCUT2D eigenvalue weighted by atomic mass is 32.2. The lowest BCUT2D eigenvalue weighted by atomic mass is 10.1. The molecule has 1 heterocycles. The summed E-state index contributed by atoms with van der Waals surface area (Å²) in [6.07, 6.45) is -1.91. The number of alkyl halides is 3. The molecule has 0 radical (unpaired) electrons. The summed E-state index contributed by atoms with van der Waals surface area (Å²) in [7, 11) is -2.66. The summed E-state index contributed by atoms with van der Waals surface area (Å²) in [6.45, 7) is 1.27. The van der Waals surface area contributed by atoms with Gasteiger partial charge in [0.05, 0.1) is 17.0 Å². The number of amides is 2. The second-order valence-electron chi connectivity index (χ2n) is 10.5. The molecule has 13 heteroatoms. The lowest BCUT2D eigenvalue weighted by Crippen LogP contribution is -2.43. The van der Waals surface area contributed by atoms with E-state index < -0.39 is 34.2 Å². The highest BCUT2D eigenvalue weighted by molar-refractivity contribution is 7.89. The number of carbonyl (C=O) groups excluding carboxylic acids is 2. The van der Waals surface area contributed by atoms with Crippen molar-refractivity contribution in [1.29, 1.82) is 0 Å². The van der Waals surface area contributed by atoms with Crippen molar-refractivity contribution in [3.05, 3.63) is 95.7 Å². The fourth-order valence-corrected chi connectivity index (χ4v) is 6.32. The first-order valence-electron chi connectivity index (χ1n) is 14.2. The summed E-state index contributed by atoms with van der Waals surface area (Å²) in [5.74, 6) is -0.816. The first-order valence-corrected chi connectivity index (χ1v) is 15.7. The van der Waals surface area contributed by atoms with E-state index in [0.29, 0.717) is 24.1 Å². The SMILES string of the molecule is COCCCN(CC(=O)N(CCc1c[nH]c2ccccc12)Cc1ccc(C(F)(F)F)cc1)S(=O)(=O)c1ccc(NC(C)=O)cc1. The Morgan fingerprint density at radius 3 is 2.29 bits per heavy atom. The monoisotopic (exact) mass is 644 g/mol. The maximum Gasteiger partial charge on any atom is 0.416 e. The van der Waals surface area contributed by atoms with Gasteiger partial charge < -0.3 is 19.9 Å². The van der Waals surface area contributed by atoms with Gasteiger partial charge in [0.15, 0.2) is 0 Å². The molecule has 3 aromatic carbocycles. The number of methoxy groups -OCH3 is 1. The molecule has 0 fully saturated rings. The van der Waals surface area contributed by atoms with Gasteiger partial charge in [0, 0.05) is 63.1 Å². The number of fused-ring (bicyclic) bond motifs is 1. The molecule has 0 saturated heterocycles. The van der Waals surface area contributed by atoms with E-state index in [1.165, 1.54) is 55.3 Å². The van der Waals surface area contributed by atoms with Crippen molar-refractivity contribution in [2.75, 3.05) is 38.7 Å². The van der Waals surface area contributed by atoms with Crippen LogP contribution in [0.2, 0.25) is 0 Å². The van der Waals surface area contributed by atoms with Crippen LogP contribution in [0.1, 0.15) is 30.0 Å². The van der Waals surface area contributed by atoms with E-state index in [0.717, 1.165) is 32.9 Å². The Hall–Kier alpha value is -4.20. The van der Waals surface area contributed by atoms with Gasteiger partial charge in [-0.15, -0.1) is 0 Å². The molecule has 0 aliphatic rings. The van der Waals surface area contributed by atoms with Gasteiger partial charge in [-0.05, 0) is 66.4 Å². The Kier molecular flexibility index (Phi) is 11.0. The predicted octanol–water partition coefficient (Wildman–Crippen LogP) is 5.44. The predicted molar refractivity (Wildman–Crippen MR) is 165 cm³/mol. The summed E-state index contributed by atoms with van der Waals surface area (Å²) >= 11 is 0. The number of hydrogen-bond donors (Lipinski definition) is 2. The van der Waals surface area contributed by atoms with Crippen LogP contribution in [0.25, 0.3) is 10.9 Å². The molecule has 0 aliphatic carbocycles. The van der Waals surface area contributed by atoms with Gasteiger partial charge in [0.2, 0.25) is 21.8 Å². The zero-order chi connectivity index (χ0) is 32.6. The van der Waals surface area contributed by atoms with Gasteiger partial charge in [0.1, 0.15) is 0 Å². The van der Waals surface area contributed by atoms with E-state index in [-0.39, 0.29) is 37.0 Å². The van der Waals surface area contributed by atoms with E-state index in [1.807, 2.05) is 30.5 Å². The molecule has 0 aliphatic heterocycles. The molecule has 0 atom stereocenters. The average molecular weight is 645 g/mol. The fourth-order valence-electron chi connectivity index (χ4n) is 4.89. The molecule has 0 spiro atoms. The minimum atomic E-state index is -4.50. The molecule has 240 valence electrons. The largest absolute Gasteiger partial charge is 0.416 e. The van der Waals surface area contributed by atoms with Crippen molar-refractivity contribution >= 4 is 38.4 Å². The van der Waals surface area contributed by atoms with Crippen LogP contribution in [0, 0.1) is 0 Å². The first-order chi connectivity index (χ1) is 21.4. The zero-order valence-corrected chi connectivity index (χ0v) is 25.7. The number of benzene rings is 3. The Balaban J connectivity index is 1.60. The van der Waals surface area contributed by atoms with Crippen LogP contribution >= 0.6 is 0 Å². The summed E-state index contributed by atoms with van der Waals surface area (Å²) < 4.78 is 73.1. The molecule has 0 saturated carbocycles. The Labute approximate surface area is 260 Å². The van der Waals surface area contributed by atoms with Crippen molar-refractivity contribution in [2.45, 2.75) is 37.4 Å². The van der Waals surface area contributed by atoms with E-state index in [9.17, 15) is 31.2 Å². The third-order valence-corrected chi connectivity index (χ3v) is 9.07. The van der Waals surface area contributed by atoms with Crippen molar-refractivity contribution in [3.8, 4) is 0 Å². The number of halogens is 3. The number of para-hydroxylation sites is 1. The summed E-state index contributed by atoms with van der Waals surface area (Å²) in [5, 5.41) is 3.56. The van der Waals surface area contributed by atoms with Crippen LogP contribution in [-0.2, 0) is 43.5 Å². The van der Waals surface area contributed by atoms with Crippen LogP contribution in [-0.4, -0.2) is 67.8 Å². The van der Waals surface area contributed by atoms with Gasteiger partial charge in [-0.2, -0.15) is 17.5 Å². The molecule has 4 aromatic rings. The molecule has 0 bridgehead atoms. The normalized spacial score (nSPS) is 12.0. The second kappa shape index (κ2) is 14.7. The maximum absolute atomic E-state index is 13.8. The zero-order valence-electron chi connectivity index (χ0n) is 24.9. The average Bonchev–Trinajstić information content (AvgIpc) is 3.41. The standard InChI is InChI=1S/C32H35F3N4O5S/c1-23(40)37-27-12-14-28(15-13-27)45(42,43)39(17-5-19-44-2)22-31(41)38(21-24-8-10-26(11-9-24)32(33,34)35)18-16-25-20-36-30-7-4-3-6-29(25)30/h3-4,6-15,20,36H,5,16-19,21-22H2,1-2H3,(H,37,40). The molecular formula is C32H35F3N4O5S. The molecular weight excluding hydrogens is 609 g/mol. The lowest BCUT2D eigenvalue weighted by molar-refractivity contribution is -0.137. The Bertz CT molecular complexity index is 1710.